The summed E-state index contributed by atoms with van der Waals surface area (Å²) < 4.78 is 20.6. The van der Waals surface area contributed by atoms with Crippen LogP contribution in [-0.4, -0.2) is 21.1 Å². The van der Waals surface area contributed by atoms with Crippen LogP contribution in [0.4, 0.5) is 4.39 Å². The van der Waals surface area contributed by atoms with E-state index >= 15 is 0 Å². The Hall–Kier alpha value is -2.24. The van der Waals surface area contributed by atoms with Gasteiger partial charge in [-0.05, 0) is 26.0 Å². The van der Waals surface area contributed by atoms with Gasteiger partial charge < -0.3 is 4.74 Å². The fourth-order valence-electron chi connectivity index (χ4n) is 1.72. The fourth-order valence-corrected chi connectivity index (χ4v) is 1.72. The van der Waals surface area contributed by atoms with Crippen molar-refractivity contribution in [3.8, 4) is 5.75 Å². The minimum Gasteiger partial charge on any atom is -0.482 e. The van der Waals surface area contributed by atoms with E-state index in [4.69, 9.17) is 4.74 Å². The van der Waals surface area contributed by atoms with Crippen LogP contribution in [0.15, 0.2) is 24.5 Å². The predicted molar refractivity (Wildman–Crippen MR) is 66.5 cm³/mol. The second-order valence-electron chi connectivity index (χ2n) is 4.28. The van der Waals surface area contributed by atoms with Crippen LogP contribution in [0.25, 0.3) is 0 Å². The molecule has 0 spiro atoms. The summed E-state index contributed by atoms with van der Waals surface area (Å²) in [5.41, 5.74) is 0.176. The molecule has 0 fully saturated rings. The van der Waals surface area contributed by atoms with Gasteiger partial charge in [0.2, 0.25) is 0 Å². The van der Waals surface area contributed by atoms with Crippen molar-refractivity contribution in [3.63, 3.8) is 0 Å². The number of hydrogen-bond donors (Lipinski definition) is 0. The lowest BCUT2D eigenvalue weighted by molar-refractivity contribution is 0.111. The number of aldehydes is 1. The Labute approximate surface area is 110 Å². The van der Waals surface area contributed by atoms with Gasteiger partial charge in [0.25, 0.3) is 0 Å². The third-order valence-corrected chi connectivity index (χ3v) is 2.61. The van der Waals surface area contributed by atoms with Gasteiger partial charge in [0.1, 0.15) is 12.9 Å². The molecule has 0 amide bonds. The van der Waals surface area contributed by atoms with E-state index in [1.807, 2.05) is 13.8 Å². The number of para-hydroxylation sites is 1. The highest BCUT2D eigenvalue weighted by Crippen LogP contribution is 2.22. The summed E-state index contributed by atoms with van der Waals surface area (Å²) in [6, 6.07) is 4.34. The number of aromatic nitrogens is 3. The maximum absolute atomic E-state index is 13.6. The topological polar surface area (TPSA) is 57.0 Å². The summed E-state index contributed by atoms with van der Waals surface area (Å²) >= 11 is 0. The lowest BCUT2D eigenvalue weighted by atomic mass is 10.2. The van der Waals surface area contributed by atoms with Crippen LogP contribution in [0.1, 0.15) is 36.1 Å². The molecule has 0 saturated heterocycles. The van der Waals surface area contributed by atoms with E-state index in [0.717, 1.165) is 0 Å². The summed E-state index contributed by atoms with van der Waals surface area (Å²) in [6.07, 6.45) is 1.98. The van der Waals surface area contributed by atoms with Crippen molar-refractivity contribution in [2.24, 2.45) is 0 Å². The van der Waals surface area contributed by atoms with E-state index in [9.17, 15) is 9.18 Å². The Balaban J connectivity index is 2.19. The molecule has 1 aromatic carbocycles. The Morgan fingerprint density at radius 2 is 2.26 bits per heavy atom. The van der Waals surface area contributed by atoms with E-state index in [0.29, 0.717) is 12.1 Å². The number of hydrogen-bond acceptors (Lipinski definition) is 4. The van der Waals surface area contributed by atoms with E-state index in [2.05, 4.69) is 10.1 Å². The number of ether oxygens (including phenoxy) is 1. The molecule has 0 saturated carbocycles. The first kappa shape index (κ1) is 13.2. The molecule has 6 heteroatoms. The zero-order valence-corrected chi connectivity index (χ0v) is 10.7. The van der Waals surface area contributed by atoms with Gasteiger partial charge in [0, 0.05) is 6.04 Å². The van der Waals surface area contributed by atoms with Crippen LogP contribution in [0.2, 0.25) is 0 Å². The van der Waals surface area contributed by atoms with Crippen molar-refractivity contribution < 1.29 is 13.9 Å². The molecule has 0 atom stereocenters. The molecule has 0 bridgehead atoms. The van der Waals surface area contributed by atoms with Crippen molar-refractivity contribution in [1.82, 2.24) is 14.8 Å². The third-order valence-electron chi connectivity index (χ3n) is 2.61. The maximum atomic E-state index is 13.6. The molecular formula is C13H14FN3O2. The number of carbonyl (C=O) groups is 1. The van der Waals surface area contributed by atoms with Crippen molar-refractivity contribution in [2.45, 2.75) is 26.5 Å². The Kier molecular flexibility index (Phi) is 3.89. The summed E-state index contributed by atoms with van der Waals surface area (Å²) in [7, 11) is 0. The Morgan fingerprint density at radius 3 is 2.95 bits per heavy atom. The third kappa shape index (κ3) is 2.78. The number of rotatable bonds is 5. The number of benzene rings is 1. The molecule has 100 valence electrons. The molecule has 0 unspecified atom stereocenters. The Morgan fingerprint density at radius 1 is 1.47 bits per heavy atom. The quantitative estimate of drug-likeness (QED) is 0.777. The molecule has 0 N–H and O–H groups in total. The van der Waals surface area contributed by atoms with Crippen LogP contribution in [0, 0.1) is 5.82 Å². The fraction of sp³-hybridized carbons (Fsp3) is 0.308. The molecule has 0 radical (unpaired) electrons. The zero-order valence-electron chi connectivity index (χ0n) is 10.7. The maximum Gasteiger partial charge on any atom is 0.166 e. The largest absolute Gasteiger partial charge is 0.482 e. The van der Waals surface area contributed by atoms with Gasteiger partial charge in [0.05, 0.1) is 5.56 Å². The number of halogens is 1. The number of carbonyl (C=O) groups excluding carboxylic acids is 1. The highest BCUT2D eigenvalue weighted by molar-refractivity contribution is 5.79. The first-order valence-corrected chi connectivity index (χ1v) is 5.88. The average Bonchev–Trinajstić information content (AvgIpc) is 2.85. The van der Waals surface area contributed by atoms with E-state index in [1.165, 1.54) is 24.5 Å². The normalized spacial score (nSPS) is 10.7. The average molecular weight is 263 g/mol. The van der Waals surface area contributed by atoms with Gasteiger partial charge in [-0.25, -0.2) is 14.1 Å². The summed E-state index contributed by atoms with van der Waals surface area (Å²) in [5, 5.41) is 4.06. The van der Waals surface area contributed by atoms with Crippen LogP contribution in [0.5, 0.6) is 5.75 Å². The SMILES string of the molecule is CC(C)n1ncnc1COc1c(F)cccc1C=O. The molecule has 0 aliphatic heterocycles. The van der Waals surface area contributed by atoms with Gasteiger partial charge in [-0.2, -0.15) is 5.10 Å². The minimum atomic E-state index is -0.569. The molecule has 1 aromatic heterocycles. The molecule has 1 heterocycles. The lowest BCUT2D eigenvalue weighted by Crippen LogP contribution is -2.11. The summed E-state index contributed by atoms with van der Waals surface area (Å²) in [5.74, 6) is -0.0499. The van der Waals surface area contributed by atoms with Gasteiger partial charge in [0.15, 0.2) is 23.7 Å². The smallest absolute Gasteiger partial charge is 0.166 e. The molecule has 19 heavy (non-hydrogen) atoms. The summed E-state index contributed by atoms with van der Waals surface area (Å²) in [4.78, 5) is 14.9. The van der Waals surface area contributed by atoms with Crippen LogP contribution < -0.4 is 4.74 Å². The van der Waals surface area contributed by atoms with Gasteiger partial charge in [-0.15, -0.1) is 0 Å². The van der Waals surface area contributed by atoms with Crippen molar-refractivity contribution >= 4 is 6.29 Å². The van der Waals surface area contributed by atoms with Gasteiger partial charge in [-0.1, -0.05) is 6.07 Å². The molecule has 5 nitrogen and oxygen atoms in total. The highest BCUT2D eigenvalue weighted by Gasteiger charge is 2.12. The molecular weight excluding hydrogens is 249 g/mol. The van der Waals surface area contributed by atoms with Crippen LogP contribution >= 0.6 is 0 Å². The molecule has 0 aliphatic carbocycles. The summed E-state index contributed by atoms with van der Waals surface area (Å²) in [6.45, 7) is 3.97. The Bertz CT molecular complexity index is 581. The first-order chi connectivity index (χ1) is 9.13. The van der Waals surface area contributed by atoms with Crippen LogP contribution in [-0.2, 0) is 6.61 Å². The lowest BCUT2D eigenvalue weighted by Gasteiger charge is -2.11. The van der Waals surface area contributed by atoms with Gasteiger partial charge >= 0.3 is 0 Å². The standard InChI is InChI=1S/C13H14FN3O2/c1-9(2)17-12(15-8-16-17)7-19-13-10(6-18)4-3-5-11(13)14/h3-6,8-9H,7H2,1-2H3. The monoisotopic (exact) mass is 263 g/mol. The van der Waals surface area contributed by atoms with E-state index < -0.39 is 5.82 Å². The van der Waals surface area contributed by atoms with Gasteiger partial charge in [-0.3, -0.25) is 4.79 Å². The highest BCUT2D eigenvalue weighted by atomic mass is 19.1. The second-order valence-corrected chi connectivity index (χ2v) is 4.28. The molecule has 0 aliphatic rings. The zero-order chi connectivity index (χ0) is 13.8. The minimum absolute atomic E-state index is 0.0555. The van der Waals surface area contributed by atoms with E-state index in [-0.39, 0.29) is 24.0 Å². The first-order valence-electron chi connectivity index (χ1n) is 5.88. The van der Waals surface area contributed by atoms with E-state index in [1.54, 1.807) is 4.68 Å². The van der Waals surface area contributed by atoms with Crippen molar-refractivity contribution in [2.75, 3.05) is 0 Å². The van der Waals surface area contributed by atoms with Crippen molar-refractivity contribution in [1.29, 1.82) is 0 Å². The number of nitrogens with zero attached hydrogens (tertiary/aromatic N) is 3. The second kappa shape index (κ2) is 5.60. The molecule has 2 rings (SSSR count). The van der Waals surface area contributed by atoms with Crippen LogP contribution in [0.3, 0.4) is 0 Å². The van der Waals surface area contributed by atoms with Crippen molar-refractivity contribution in [3.05, 3.63) is 41.7 Å². The molecule has 2 aromatic rings. The predicted octanol–water partition coefficient (Wildman–Crippen LogP) is 2.39.